The van der Waals surface area contributed by atoms with Crippen LogP contribution in [0.25, 0.3) is 9.40 Å². The number of anilines is 1. The minimum Gasteiger partial charge on any atom is -0.481 e. The number of carboxylic acids is 1. The Kier molecular flexibility index (Phi) is 5.60. The van der Waals surface area contributed by atoms with Crippen molar-refractivity contribution in [1.82, 2.24) is 4.37 Å². The van der Waals surface area contributed by atoms with E-state index < -0.39 is 17.5 Å². The predicted octanol–water partition coefficient (Wildman–Crippen LogP) is 6.56. The first-order chi connectivity index (χ1) is 17.0. The molecule has 6 rings (SSSR count). The van der Waals surface area contributed by atoms with Crippen molar-refractivity contribution in [2.45, 2.75) is 43.6 Å². The Morgan fingerprint density at radius 1 is 1.11 bits per heavy atom. The van der Waals surface area contributed by atoms with Crippen LogP contribution in [0.2, 0.25) is 0 Å². The van der Waals surface area contributed by atoms with E-state index in [4.69, 9.17) is 4.74 Å². The zero-order valence-corrected chi connectivity index (χ0v) is 20.9. The average Bonchev–Trinajstić information content (AvgIpc) is 3.75. The van der Waals surface area contributed by atoms with Gasteiger partial charge in [-0.25, -0.2) is 4.79 Å². The third kappa shape index (κ3) is 4.45. The van der Waals surface area contributed by atoms with Crippen LogP contribution in [0.15, 0.2) is 42.5 Å². The zero-order chi connectivity index (χ0) is 24.0. The largest absolute Gasteiger partial charge is 0.481 e. The van der Waals surface area contributed by atoms with Crippen molar-refractivity contribution in [3.63, 3.8) is 0 Å². The molecule has 3 heterocycles. The van der Waals surface area contributed by atoms with Gasteiger partial charge in [0.1, 0.15) is 12.0 Å². The number of rotatable bonds is 6. The minimum absolute atomic E-state index is 0.196. The number of aliphatic carboxylic acids is 1. The molecule has 0 saturated heterocycles. The SMILES string of the molecule is O=C(Nc1c(C#Cc2cc3sc(C4(C(=O)O)CC4)cc3s2)nsc1C1CC1)OCc1ccccc1. The highest BCUT2D eigenvalue weighted by molar-refractivity contribution is 7.28. The van der Waals surface area contributed by atoms with Crippen LogP contribution in [0.3, 0.4) is 0 Å². The molecule has 4 aromatic rings. The fraction of sp³-hybridized carbons (Fsp3) is 0.269. The van der Waals surface area contributed by atoms with Crippen LogP contribution in [-0.4, -0.2) is 21.5 Å². The van der Waals surface area contributed by atoms with E-state index in [1.807, 2.05) is 42.5 Å². The Balaban J connectivity index is 1.20. The molecule has 1 aromatic carbocycles. The summed E-state index contributed by atoms with van der Waals surface area (Å²) in [4.78, 5) is 27.0. The van der Waals surface area contributed by atoms with E-state index in [2.05, 4.69) is 21.5 Å². The molecule has 6 nitrogen and oxygen atoms in total. The molecule has 3 aromatic heterocycles. The molecule has 0 atom stereocenters. The lowest BCUT2D eigenvalue weighted by Crippen LogP contribution is -2.17. The second-order valence-corrected chi connectivity index (χ2v) is 11.8. The van der Waals surface area contributed by atoms with Gasteiger partial charge in [-0.1, -0.05) is 30.3 Å². The number of fused-ring (bicyclic) bond motifs is 1. The molecule has 2 aliphatic rings. The molecule has 9 heteroatoms. The Hall–Kier alpha value is -3.19. The molecule has 2 saturated carbocycles. The number of carbonyl (C=O) groups excluding carboxylic acids is 1. The van der Waals surface area contributed by atoms with Gasteiger partial charge in [-0.3, -0.25) is 10.1 Å². The van der Waals surface area contributed by atoms with Gasteiger partial charge in [-0.2, -0.15) is 4.37 Å². The predicted molar refractivity (Wildman–Crippen MR) is 139 cm³/mol. The van der Waals surface area contributed by atoms with Crippen LogP contribution in [0.4, 0.5) is 10.5 Å². The van der Waals surface area contributed by atoms with E-state index >= 15 is 0 Å². The summed E-state index contributed by atoms with van der Waals surface area (Å²) in [5.74, 6) is 6.01. The highest BCUT2D eigenvalue weighted by Gasteiger charge is 2.53. The number of nitrogens with zero attached hydrogens (tertiary/aromatic N) is 1. The van der Waals surface area contributed by atoms with Gasteiger partial charge in [0.05, 0.1) is 15.4 Å². The van der Waals surface area contributed by atoms with E-state index in [1.54, 1.807) is 22.7 Å². The molecule has 35 heavy (non-hydrogen) atoms. The molecule has 0 aliphatic heterocycles. The zero-order valence-electron chi connectivity index (χ0n) is 18.5. The normalized spacial score (nSPS) is 15.9. The Morgan fingerprint density at radius 3 is 2.57 bits per heavy atom. The molecule has 2 N–H and O–H groups in total. The first-order valence-electron chi connectivity index (χ1n) is 11.3. The highest BCUT2D eigenvalue weighted by Crippen LogP contribution is 2.52. The third-order valence-electron chi connectivity index (χ3n) is 6.25. The van der Waals surface area contributed by atoms with E-state index in [1.165, 1.54) is 11.5 Å². The highest BCUT2D eigenvalue weighted by atomic mass is 32.1. The Bertz CT molecular complexity index is 1470. The molecular formula is C26H20N2O4S3. The van der Waals surface area contributed by atoms with E-state index in [0.717, 1.165) is 42.4 Å². The molecule has 2 fully saturated rings. The minimum atomic E-state index is -0.733. The molecule has 0 spiro atoms. The summed E-state index contributed by atoms with van der Waals surface area (Å²) in [6.45, 7) is 0.196. The molecular weight excluding hydrogens is 500 g/mol. The van der Waals surface area contributed by atoms with Gasteiger partial charge in [-0.05, 0) is 72.7 Å². The number of ether oxygens (including phenoxy) is 1. The number of carbonyl (C=O) groups is 2. The van der Waals surface area contributed by atoms with Crippen LogP contribution >= 0.6 is 34.2 Å². The Labute approximate surface area is 213 Å². The Morgan fingerprint density at radius 2 is 1.89 bits per heavy atom. The number of hydrogen-bond donors (Lipinski definition) is 2. The molecule has 1 amide bonds. The molecule has 2 aliphatic carbocycles. The van der Waals surface area contributed by atoms with Crippen molar-refractivity contribution in [2.24, 2.45) is 0 Å². The van der Waals surface area contributed by atoms with E-state index in [0.29, 0.717) is 30.1 Å². The maximum Gasteiger partial charge on any atom is 0.412 e. The first-order valence-corrected chi connectivity index (χ1v) is 13.7. The molecule has 176 valence electrons. The monoisotopic (exact) mass is 520 g/mol. The fourth-order valence-electron chi connectivity index (χ4n) is 3.94. The standard InChI is InChI=1S/C26H20N2O4S3/c29-24(30)26(10-11-26)21-13-20-19(34-21)12-17(33-20)8-9-18-22(23(35-28-18)16-6-7-16)27-25(31)32-14-15-4-2-1-3-5-15/h1-5,12-13,16H,6-7,10-11,14H2,(H,27,31)(H,29,30). The lowest BCUT2D eigenvalue weighted by Gasteiger charge is -2.07. The second-order valence-electron chi connectivity index (χ2n) is 8.82. The van der Waals surface area contributed by atoms with Gasteiger partial charge in [-0.15, -0.1) is 22.7 Å². The summed E-state index contributed by atoms with van der Waals surface area (Å²) < 4.78 is 12.0. The summed E-state index contributed by atoms with van der Waals surface area (Å²) in [7, 11) is 0. The van der Waals surface area contributed by atoms with Crippen molar-refractivity contribution >= 4 is 61.4 Å². The van der Waals surface area contributed by atoms with E-state index in [-0.39, 0.29) is 6.61 Å². The summed E-state index contributed by atoms with van der Waals surface area (Å²) in [5, 5.41) is 12.4. The van der Waals surface area contributed by atoms with Gasteiger partial charge in [0.2, 0.25) is 0 Å². The summed E-state index contributed by atoms with van der Waals surface area (Å²) in [6, 6.07) is 13.6. The number of carboxylic acid groups (broad SMARTS) is 1. The van der Waals surface area contributed by atoms with Crippen molar-refractivity contribution in [3.05, 3.63) is 68.4 Å². The fourth-order valence-corrected chi connectivity index (χ4v) is 7.38. The smallest absolute Gasteiger partial charge is 0.412 e. The number of amides is 1. The van der Waals surface area contributed by atoms with Crippen molar-refractivity contribution in [3.8, 4) is 11.8 Å². The third-order valence-corrected chi connectivity index (χ3v) is 9.67. The quantitative estimate of drug-likeness (QED) is 0.281. The summed E-state index contributed by atoms with van der Waals surface area (Å²) in [6.07, 6.45) is 3.07. The van der Waals surface area contributed by atoms with Crippen LogP contribution in [0, 0.1) is 11.8 Å². The first kappa shape index (κ1) is 22.3. The molecule has 0 bridgehead atoms. The van der Waals surface area contributed by atoms with Gasteiger partial charge < -0.3 is 9.84 Å². The maximum absolute atomic E-state index is 12.5. The van der Waals surface area contributed by atoms with Crippen LogP contribution in [0.5, 0.6) is 0 Å². The van der Waals surface area contributed by atoms with Crippen molar-refractivity contribution < 1.29 is 19.4 Å². The topological polar surface area (TPSA) is 88.5 Å². The van der Waals surface area contributed by atoms with Gasteiger partial charge >= 0.3 is 12.1 Å². The number of benzene rings is 1. The van der Waals surface area contributed by atoms with Crippen LogP contribution in [0.1, 0.15) is 57.5 Å². The van der Waals surface area contributed by atoms with Gasteiger partial charge in [0.25, 0.3) is 0 Å². The van der Waals surface area contributed by atoms with Crippen molar-refractivity contribution in [1.29, 1.82) is 0 Å². The van der Waals surface area contributed by atoms with Gasteiger partial charge in [0, 0.05) is 14.3 Å². The average molecular weight is 521 g/mol. The maximum atomic E-state index is 12.5. The summed E-state index contributed by atoms with van der Waals surface area (Å²) >= 11 is 4.48. The molecule has 0 radical (unpaired) electrons. The number of nitrogens with one attached hydrogen (secondary N) is 1. The van der Waals surface area contributed by atoms with E-state index in [9.17, 15) is 14.7 Å². The van der Waals surface area contributed by atoms with Crippen molar-refractivity contribution in [2.75, 3.05) is 5.32 Å². The number of aromatic nitrogens is 1. The number of hydrogen-bond acceptors (Lipinski definition) is 7. The number of thiophene rings is 2. The lowest BCUT2D eigenvalue weighted by atomic mass is 10.1. The lowest BCUT2D eigenvalue weighted by molar-refractivity contribution is -0.139. The van der Waals surface area contributed by atoms with Crippen LogP contribution in [-0.2, 0) is 21.6 Å². The van der Waals surface area contributed by atoms with Crippen LogP contribution < -0.4 is 5.32 Å². The summed E-state index contributed by atoms with van der Waals surface area (Å²) in [5.41, 5.74) is 1.45. The molecule has 0 unspecified atom stereocenters. The van der Waals surface area contributed by atoms with Gasteiger partial charge in [0.15, 0.2) is 5.69 Å². The second kappa shape index (κ2) is 8.79.